The van der Waals surface area contributed by atoms with E-state index >= 15 is 0 Å². The van der Waals surface area contributed by atoms with Gasteiger partial charge in [-0.3, -0.25) is 24.2 Å². The van der Waals surface area contributed by atoms with Gasteiger partial charge in [-0.1, -0.05) is 17.7 Å². The molecule has 2 heterocycles. The number of carbonyl (C=O) groups is 4. The van der Waals surface area contributed by atoms with Gasteiger partial charge in [0.05, 0.1) is 5.75 Å². The number of fused-ring (bicyclic) bond motifs is 1. The van der Waals surface area contributed by atoms with E-state index in [-0.39, 0.29) is 5.57 Å². The van der Waals surface area contributed by atoms with Gasteiger partial charge in [-0.2, -0.15) is 0 Å². The van der Waals surface area contributed by atoms with Crippen molar-refractivity contribution in [2.45, 2.75) is 25.3 Å². The van der Waals surface area contributed by atoms with Crippen LogP contribution < -0.4 is 4.90 Å². The zero-order valence-electron chi connectivity index (χ0n) is 15.6. The van der Waals surface area contributed by atoms with Gasteiger partial charge in [0.2, 0.25) is 6.41 Å². The molecule has 29 heavy (non-hydrogen) atoms. The lowest BCUT2D eigenvalue weighted by Crippen LogP contribution is -2.75. The molecule has 1 aromatic rings. The van der Waals surface area contributed by atoms with Crippen LogP contribution in [0.25, 0.3) is 0 Å². The summed E-state index contributed by atoms with van der Waals surface area (Å²) < 4.78 is 30.4. The molecule has 1 aromatic carbocycles. The van der Waals surface area contributed by atoms with E-state index in [2.05, 4.69) is 0 Å². The van der Waals surface area contributed by atoms with Gasteiger partial charge in [-0.05, 0) is 19.1 Å². The number of hydrogen-bond donors (Lipinski definition) is 1. The minimum Gasteiger partial charge on any atom is -0.477 e. The van der Waals surface area contributed by atoms with Crippen LogP contribution in [-0.2, 0) is 33.8 Å². The lowest BCUT2D eigenvalue weighted by atomic mass is 10.0. The van der Waals surface area contributed by atoms with Gasteiger partial charge < -0.3 is 9.84 Å². The van der Waals surface area contributed by atoms with Crippen LogP contribution in [0.5, 0.6) is 0 Å². The Morgan fingerprint density at radius 2 is 1.93 bits per heavy atom. The van der Waals surface area contributed by atoms with Crippen LogP contribution in [-0.4, -0.2) is 66.5 Å². The van der Waals surface area contributed by atoms with Gasteiger partial charge in [-0.25, -0.2) is 13.2 Å². The molecule has 1 N–H and O–H groups in total. The van der Waals surface area contributed by atoms with Gasteiger partial charge in [0.15, 0.2) is 21.3 Å². The number of rotatable bonds is 6. The highest BCUT2D eigenvalue weighted by molar-refractivity contribution is 7.92. The smallest absolute Gasteiger partial charge is 0.352 e. The first-order valence-electron chi connectivity index (χ1n) is 8.52. The van der Waals surface area contributed by atoms with E-state index in [1.54, 1.807) is 24.3 Å². The third-order valence-corrected chi connectivity index (χ3v) is 6.69. The summed E-state index contributed by atoms with van der Waals surface area (Å²) in [5, 5.41) is 8.01. The highest BCUT2D eigenvalue weighted by Crippen LogP contribution is 2.40. The molecule has 3 rings (SSSR count). The Morgan fingerprint density at radius 3 is 2.45 bits per heavy atom. The lowest BCUT2D eigenvalue weighted by molar-refractivity contribution is -0.149. The molecule has 1 saturated heterocycles. The van der Waals surface area contributed by atoms with E-state index < -0.39 is 57.2 Å². The van der Waals surface area contributed by atoms with Gasteiger partial charge in [0.1, 0.15) is 12.3 Å². The molecule has 11 heteroatoms. The van der Waals surface area contributed by atoms with Gasteiger partial charge >= 0.3 is 11.9 Å². The average molecular weight is 422 g/mol. The van der Waals surface area contributed by atoms with Crippen LogP contribution in [0.15, 0.2) is 35.5 Å². The SMILES string of the molecule is CC(=O)OCC1=C(C(=O)O)N2C(=O)C(N(C=O)c3ccc(C)cc3)[C@H]2S(=O)(=O)C1. The quantitative estimate of drug-likeness (QED) is 0.379. The second-order valence-corrected chi connectivity index (χ2v) is 8.83. The predicted octanol–water partition coefficient (Wildman–Crippen LogP) is -0.175. The predicted molar refractivity (Wildman–Crippen MR) is 99.2 cm³/mol. The van der Waals surface area contributed by atoms with Gasteiger partial charge in [0, 0.05) is 18.2 Å². The van der Waals surface area contributed by atoms with Crippen LogP contribution in [0.3, 0.4) is 0 Å². The number of aliphatic carboxylic acids is 1. The van der Waals surface area contributed by atoms with E-state index in [1.165, 1.54) is 0 Å². The molecule has 10 nitrogen and oxygen atoms in total. The number of amides is 2. The van der Waals surface area contributed by atoms with Crippen molar-refractivity contribution in [1.82, 2.24) is 4.90 Å². The number of nitrogens with zero attached hydrogens (tertiary/aromatic N) is 2. The Morgan fingerprint density at radius 1 is 1.31 bits per heavy atom. The van der Waals surface area contributed by atoms with Gasteiger partial charge in [-0.15, -0.1) is 0 Å². The lowest BCUT2D eigenvalue weighted by Gasteiger charge is -2.51. The maximum atomic E-state index is 12.8. The number of aryl methyl sites for hydroxylation is 1. The summed E-state index contributed by atoms with van der Waals surface area (Å²) in [4.78, 5) is 48.9. The molecule has 0 spiro atoms. The minimum atomic E-state index is -4.05. The number of ether oxygens (including phenoxy) is 1. The number of anilines is 1. The molecular formula is C18H18N2O8S. The van der Waals surface area contributed by atoms with E-state index in [4.69, 9.17) is 4.74 Å². The summed E-state index contributed by atoms with van der Waals surface area (Å²) in [6, 6.07) is 5.14. The molecule has 2 aliphatic rings. The summed E-state index contributed by atoms with van der Waals surface area (Å²) >= 11 is 0. The third kappa shape index (κ3) is 3.48. The minimum absolute atomic E-state index is 0.205. The maximum absolute atomic E-state index is 12.8. The second kappa shape index (κ2) is 7.32. The van der Waals surface area contributed by atoms with Crippen LogP contribution >= 0.6 is 0 Å². The van der Waals surface area contributed by atoms with Crippen LogP contribution in [0.1, 0.15) is 12.5 Å². The van der Waals surface area contributed by atoms with Gasteiger partial charge in [0.25, 0.3) is 5.91 Å². The molecule has 0 aliphatic carbocycles. The maximum Gasteiger partial charge on any atom is 0.352 e. The normalized spacial score (nSPS) is 22.4. The monoisotopic (exact) mass is 422 g/mol. The fraction of sp³-hybridized carbons (Fsp3) is 0.333. The van der Waals surface area contributed by atoms with E-state index in [9.17, 15) is 32.7 Å². The van der Waals surface area contributed by atoms with Crippen molar-refractivity contribution in [3.05, 3.63) is 41.1 Å². The van der Waals surface area contributed by atoms with E-state index in [0.29, 0.717) is 17.0 Å². The molecule has 0 saturated carbocycles. The Kier molecular flexibility index (Phi) is 5.18. The van der Waals surface area contributed by atoms with Crippen molar-refractivity contribution < 1.29 is 37.4 Å². The number of carboxylic acids is 1. The average Bonchev–Trinajstić information content (AvgIpc) is 2.64. The highest BCUT2D eigenvalue weighted by atomic mass is 32.2. The van der Waals surface area contributed by atoms with Crippen LogP contribution in [0, 0.1) is 6.92 Å². The summed E-state index contributed by atoms with van der Waals surface area (Å²) in [7, 11) is -4.05. The summed E-state index contributed by atoms with van der Waals surface area (Å²) in [5.74, 6) is -3.79. The number of esters is 1. The summed E-state index contributed by atoms with van der Waals surface area (Å²) in [5.41, 5.74) is 0.467. The Hall–Kier alpha value is -3.21. The first-order valence-corrected chi connectivity index (χ1v) is 10.2. The number of carboxylic acid groups (broad SMARTS) is 1. The highest BCUT2D eigenvalue weighted by Gasteiger charge is 2.62. The number of carbonyl (C=O) groups excluding carboxylic acids is 3. The van der Waals surface area contributed by atoms with Crippen molar-refractivity contribution in [2.24, 2.45) is 0 Å². The molecule has 2 atom stereocenters. The standard InChI is InChI=1S/C18H18N2O8S/c1-10-3-5-13(6-4-10)19(9-21)15-16(23)20-14(18(24)25)12(7-28-11(2)22)8-29(26,27)17(15)20/h3-6,9,15,17H,7-8H2,1-2H3,(H,24,25)/t15?,17-/m1/s1. The first-order chi connectivity index (χ1) is 13.6. The van der Waals surface area contributed by atoms with E-state index in [0.717, 1.165) is 17.4 Å². The fourth-order valence-electron chi connectivity index (χ4n) is 3.42. The number of β-lactam (4-membered cyclic amide) rings is 1. The number of sulfone groups is 1. The topological polar surface area (TPSA) is 138 Å². The molecule has 2 amide bonds. The fourth-order valence-corrected chi connectivity index (χ4v) is 5.47. The van der Waals surface area contributed by atoms with E-state index in [1.807, 2.05) is 6.92 Å². The van der Waals surface area contributed by atoms with Crippen molar-refractivity contribution in [2.75, 3.05) is 17.3 Å². The number of benzene rings is 1. The van der Waals surface area contributed by atoms with Crippen molar-refractivity contribution in [1.29, 1.82) is 0 Å². The van der Waals surface area contributed by atoms with Crippen LogP contribution in [0.4, 0.5) is 5.69 Å². The molecule has 0 bridgehead atoms. The largest absolute Gasteiger partial charge is 0.477 e. The van der Waals surface area contributed by atoms with Crippen LogP contribution in [0.2, 0.25) is 0 Å². The Balaban J connectivity index is 2.03. The second-order valence-electron chi connectivity index (χ2n) is 6.74. The number of hydrogen-bond acceptors (Lipinski definition) is 7. The molecular weight excluding hydrogens is 404 g/mol. The molecule has 1 fully saturated rings. The molecule has 154 valence electrons. The zero-order valence-corrected chi connectivity index (χ0v) is 16.4. The molecule has 0 aromatic heterocycles. The van der Waals surface area contributed by atoms with Crippen molar-refractivity contribution in [3.63, 3.8) is 0 Å². The zero-order chi connectivity index (χ0) is 21.5. The molecule has 0 radical (unpaired) electrons. The van der Waals surface area contributed by atoms with Crippen molar-refractivity contribution >= 4 is 39.8 Å². The Labute approximate surface area is 166 Å². The summed E-state index contributed by atoms with van der Waals surface area (Å²) in [6.07, 6.45) is 0.346. The Bertz CT molecular complexity index is 1030. The van der Waals surface area contributed by atoms with Crippen molar-refractivity contribution in [3.8, 4) is 0 Å². The first kappa shape index (κ1) is 20.5. The molecule has 2 aliphatic heterocycles. The third-order valence-electron chi connectivity index (χ3n) is 4.73. The molecule has 1 unspecified atom stereocenters. The summed E-state index contributed by atoms with van der Waals surface area (Å²) in [6.45, 7) is 2.35.